The molecular formula is C16H30N4. The van der Waals surface area contributed by atoms with Gasteiger partial charge in [0.05, 0.1) is 0 Å². The summed E-state index contributed by atoms with van der Waals surface area (Å²) in [4.78, 5) is 10.1. The molecule has 2 heterocycles. The van der Waals surface area contributed by atoms with E-state index in [0.29, 0.717) is 6.04 Å². The summed E-state index contributed by atoms with van der Waals surface area (Å²) in [6, 6.07) is 0.631. The lowest BCUT2D eigenvalue weighted by atomic mass is 9.91. The van der Waals surface area contributed by atoms with Crippen LogP contribution in [0.15, 0.2) is 12.4 Å². The van der Waals surface area contributed by atoms with Crippen LogP contribution in [0.1, 0.15) is 45.4 Å². The molecule has 0 bridgehead atoms. The first-order valence-corrected chi connectivity index (χ1v) is 8.23. The molecule has 114 valence electrons. The Hall–Kier alpha value is -0.870. The summed E-state index contributed by atoms with van der Waals surface area (Å²) < 4.78 is 0. The van der Waals surface area contributed by atoms with Gasteiger partial charge in [0.1, 0.15) is 5.82 Å². The Morgan fingerprint density at radius 1 is 1.55 bits per heavy atom. The standard InChI is InChI=1S/C16H30N4/c1-3-11-20-12-5-6-15(13-20)14(2)17-8-4-7-16-18-9-10-19-16/h9-10,14-15,17H,3-8,11-13H2,1-2H3,(H,18,19). The van der Waals surface area contributed by atoms with E-state index in [1.165, 1.54) is 38.9 Å². The predicted molar refractivity (Wildman–Crippen MR) is 83.8 cm³/mol. The number of H-pyrrole nitrogens is 1. The summed E-state index contributed by atoms with van der Waals surface area (Å²) in [6.07, 6.45) is 9.95. The average molecular weight is 278 g/mol. The van der Waals surface area contributed by atoms with Gasteiger partial charge in [0.15, 0.2) is 0 Å². The lowest BCUT2D eigenvalue weighted by Gasteiger charge is -2.36. The molecule has 2 N–H and O–H groups in total. The molecule has 2 rings (SSSR count). The number of imidazole rings is 1. The number of aryl methyl sites for hydroxylation is 1. The highest BCUT2D eigenvalue weighted by Crippen LogP contribution is 2.19. The van der Waals surface area contributed by atoms with Crippen LogP contribution in [0.5, 0.6) is 0 Å². The van der Waals surface area contributed by atoms with E-state index in [4.69, 9.17) is 0 Å². The van der Waals surface area contributed by atoms with Crippen LogP contribution in [0.3, 0.4) is 0 Å². The Labute approximate surface area is 123 Å². The molecule has 0 spiro atoms. The van der Waals surface area contributed by atoms with Gasteiger partial charge in [-0.25, -0.2) is 4.98 Å². The smallest absolute Gasteiger partial charge is 0.106 e. The molecule has 2 unspecified atom stereocenters. The quantitative estimate of drug-likeness (QED) is 0.718. The van der Waals surface area contributed by atoms with Crippen molar-refractivity contribution < 1.29 is 0 Å². The predicted octanol–water partition coefficient (Wildman–Crippen LogP) is 2.44. The van der Waals surface area contributed by atoms with Gasteiger partial charge in [0.25, 0.3) is 0 Å². The van der Waals surface area contributed by atoms with Crippen LogP contribution < -0.4 is 5.32 Å². The lowest BCUT2D eigenvalue weighted by Crippen LogP contribution is -2.44. The normalized spacial score (nSPS) is 22.0. The number of aromatic amines is 1. The van der Waals surface area contributed by atoms with Crippen molar-refractivity contribution in [3.8, 4) is 0 Å². The van der Waals surface area contributed by atoms with Crippen molar-refractivity contribution in [3.05, 3.63) is 18.2 Å². The van der Waals surface area contributed by atoms with Crippen LogP contribution in [0.4, 0.5) is 0 Å². The topological polar surface area (TPSA) is 44.0 Å². The molecule has 0 aromatic carbocycles. The zero-order valence-corrected chi connectivity index (χ0v) is 13.1. The number of likely N-dealkylation sites (tertiary alicyclic amines) is 1. The summed E-state index contributed by atoms with van der Waals surface area (Å²) in [6.45, 7) is 9.57. The molecule has 2 atom stereocenters. The van der Waals surface area contributed by atoms with Crippen molar-refractivity contribution in [1.82, 2.24) is 20.2 Å². The molecule has 1 aliphatic heterocycles. The maximum absolute atomic E-state index is 4.26. The molecule has 4 heteroatoms. The van der Waals surface area contributed by atoms with Crippen LogP contribution in [0.2, 0.25) is 0 Å². The number of hydrogen-bond acceptors (Lipinski definition) is 3. The van der Waals surface area contributed by atoms with E-state index in [-0.39, 0.29) is 0 Å². The summed E-state index contributed by atoms with van der Waals surface area (Å²) in [5, 5.41) is 3.71. The Morgan fingerprint density at radius 3 is 3.20 bits per heavy atom. The van der Waals surface area contributed by atoms with E-state index in [1.807, 2.05) is 12.4 Å². The van der Waals surface area contributed by atoms with Gasteiger partial charge in [-0.1, -0.05) is 6.92 Å². The molecule has 1 fully saturated rings. The van der Waals surface area contributed by atoms with E-state index in [9.17, 15) is 0 Å². The largest absolute Gasteiger partial charge is 0.349 e. The maximum Gasteiger partial charge on any atom is 0.106 e. The van der Waals surface area contributed by atoms with Crippen LogP contribution in [0.25, 0.3) is 0 Å². The van der Waals surface area contributed by atoms with E-state index in [0.717, 1.165) is 31.1 Å². The second kappa shape index (κ2) is 8.42. The zero-order valence-electron chi connectivity index (χ0n) is 13.1. The first kappa shape index (κ1) is 15.5. The Morgan fingerprint density at radius 2 is 2.45 bits per heavy atom. The Kier molecular flexibility index (Phi) is 6.54. The second-order valence-electron chi connectivity index (χ2n) is 6.09. The van der Waals surface area contributed by atoms with Gasteiger partial charge < -0.3 is 15.2 Å². The average Bonchev–Trinajstić information content (AvgIpc) is 2.97. The number of piperidine rings is 1. The van der Waals surface area contributed by atoms with E-state index >= 15 is 0 Å². The third kappa shape index (κ3) is 4.91. The van der Waals surface area contributed by atoms with Crippen LogP contribution in [0, 0.1) is 5.92 Å². The van der Waals surface area contributed by atoms with E-state index < -0.39 is 0 Å². The Bertz CT molecular complexity index is 347. The molecule has 0 aliphatic carbocycles. The fourth-order valence-corrected chi connectivity index (χ4v) is 3.21. The maximum atomic E-state index is 4.26. The fourth-order valence-electron chi connectivity index (χ4n) is 3.21. The van der Waals surface area contributed by atoms with Gasteiger partial charge in [0, 0.05) is 31.4 Å². The number of nitrogens with zero attached hydrogens (tertiary/aromatic N) is 2. The van der Waals surface area contributed by atoms with Gasteiger partial charge in [-0.2, -0.15) is 0 Å². The first-order valence-electron chi connectivity index (χ1n) is 8.23. The van der Waals surface area contributed by atoms with Gasteiger partial charge in [-0.15, -0.1) is 0 Å². The minimum Gasteiger partial charge on any atom is -0.349 e. The third-order valence-corrected chi connectivity index (χ3v) is 4.40. The van der Waals surface area contributed by atoms with Gasteiger partial charge in [0.2, 0.25) is 0 Å². The second-order valence-corrected chi connectivity index (χ2v) is 6.09. The molecule has 0 saturated carbocycles. The highest BCUT2D eigenvalue weighted by Gasteiger charge is 2.23. The van der Waals surface area contributed by atoms with Crippen molar-refractivity contribution in [2.45, 2.75) is 52.0 Å². The minimum absolute atomic E-state index is 0.631. The fraction of sp³-hybridized carbons (Fsp3) is 0.812. The summed E-state index contributed by atoms with van der Waals surface area (Å²) in [5.41, 5.74) is 0. The molecule has 4 nitrogen and oxygen atoms in total. The summed E-state index contributed by atoms with van der Waals surface area (Å²) in [5.74, 6) is 1.92. The molecule has 1 aliphatic rings. The zero-order chi connectivity index (χ0) is 14.2. The number of rotatable bonds is 8. The van der Waals surface area contributed by atoms with E-state index in [2.05, 4.69) is 34.0 Å². The van der Waals surface area contributed by atoms with Gasteiger partial charge in [-0.05, 0) is 58.2 Å². The number of nitrogens with one attached hydrogen (secondary N) is 2. The molecule has 0 amide bonds. The van der Waals surface area contributed by atoms with Crippen LogP contribution in [-0.4, -0.2) is 47.1 Å². The van der Waals surface area contributed by atoms with Crippen molar-refractivity contribution in [3.63, 3.8) is 0 Å². The van der Waals surface area contributed by atoms with E-state index in [1.54, 1.807) is 0 Å². The molecule has 1 aromatic rings. The SMILES string of the molecule is CCCN1CCCC(C(C)NCCCc2ncc[nH]2)C1. The number of hydrogen-bond donors (Lipinski definition) is 2. The summed E-state index contributed by atoms with van der Waals surface area (Å²) in [7, 11) is 0. The minimum atomic E-state index is 0.631. The van der Waals surface area contributed by atoms with Crippen LogP contribution in [-0.2, 0) is 6.42 Å². The van der Waals surface area contributed by atoms with Crippen molar-refractivity contribution in [2.24, 2.45) is 5.92 Å². The summed E-state index contributed by atoms with van der Waals surface area (Å²) >= 11 is 0. The molecule has 0 radical (unpaired) electrons. The Balaban J connectivity index is 1.62. The van der Waals surface area contributed by atoms with Crippen molar-refractivity contribution in [2.75, 3.05) is 26.2 Å². The van der Waals surface area contributed by atoms with Crippen LogP contribution >= 0.6 is 0 Å². The number of aromatic nitrogens is 2. The third-order valence-electron chi connectivity index (χ3n) is 4.40. The molecular weight excluding hydrogens is 248 g/mol. The van der Waals surface area contributed by atoms with Gasteiger partial charge >= 0.3 is 0 Å². The highest BCUT2D eigenvalue weighted by molar-refractivity contribution is 4.87. The van der Waals surface area contributed by atoms with Crippen molar-refractivity contribution >= 4 is 0 Å². The molecule has 1 aromatic heterocycles. The lowest BCUT2D eigenvalue weighted by molar-refractivity contribution is 0.151. The molecule has 20 heavy (non-hydrogen) atoms. The monoisotopic (exact) mass is 278 g/mol. The highest BCUT2D eigenvalue weighted by atomic mass is 15.1. The first-order chi connectivity index (χ1) is 9.79. The van der Waals surface area contributed by atoms with Gasteiger partial charge in [-0.3, -0.25) is 0 Å². The van der Waals surface area contributed by atoms with Crippen molar-refractivity contribution in [1.29, 1.82) is 0 Å². The molecule has 1 saturated heterocycles.